The number of halogens is 1. The summed E-state index contributed by atoms with van der Waals surface area (Å²) in [6.45, 7) is 14.0. The van der Waals surface area contributed by atoms with Crippen LogP contribution in [0, 0.1) is 0 Å². The van der Waals surface area contributed by atoms with E-state index in [1.807, 2.05) is 30.0 Å². The molecule has 0 spiro atoms. The third kappa shape index (κ3) is 10.2. The lowest BCUT2D eigenvalue weighted by Crippen LogP contribution is -2.43. The summed E-state index contributed by atoms with van der Waals surface area (Å²) >= 11 is 1.85. The first-order chi connectivity index (χ1) is 13.5. The number of guanidine groups is 1. The van der Waals surface area contributed by atoms with Crippen LogP contribution in [-0.4, -0.2) is 74.4 Å². The second-order valence-electron chi connectivity index (χ2n) is 7.42. The van der Waals surface area contributed by atoms with Gasteiger partial charge in [-0.25, -0.2) is 4.99 Å². The second-order valence-corrected chi connectivity index (χ2v) is 8.94. The van der Waals surface area contributed by atoms with Crippen molar-refractivity contribution in [1.82, 2.24) is 15.5 Å². The van der Waals surface area contributed by atoms with Gasteiger partial charge in [0.1, 0.15) is 12.4 Å². The molecule has 0 aromatic heterocycles. The highest BCUT2D eigenvalue weighted by molar-refractivity contribution is 14.0. The Morgan fingerprint density at radius 1 is 1.24 bits per heavy atom. The first-order valence-electron chi connectivity index (χ1n) is 10.1. The van der Waals surface area contributed by atoms with Crippen LogP contribution in [0.15, 0.2) is 29.3 Å². The molecule has 0 bridgehead atoms. The molecule has 0 amide bonds. The molecule has 1 aromatic carbocycles. The zero-order valence-electron chi connectivity index (χ0n) is 18.2. The number of aliphatic imine (C=N–C) groups is 1. The third-order valence-corrected chi connectivity index (χ3v) is 5.98. The third-order valence-electron chi connectivity index (χ3n) is 4.73. The molecule has 1 fully saturated rings. The normalized spacial score (nSPS) is 15.5. The molecule has 0 aliphatic carbocycles. The number of benzene rings is 1. The van der Waals surface area contributed by atoms with Crippen LogP contribution in [0.3, 0.4) is 0 Å². The van der Waals surface area contributed by atoms with Crippen LogP contribution in [0.25, 0.3) is 0 Å². The van der Waals surface area contributed by atoms with Crippen molar-refractivity contribution in [1.29, 1.82) is 0 Å². The maximum Gasteiger partial charge on any atom is 0.191 e. The fraction of sp³-hybridized carbons (Fsp3) is 0.667. The highest BCUT2D eigenvalue weighted by Crippen LogP contribution is 2.20. The molecule has 0 saturated carbocycles. The quantitative estimate of drug-likeness (QED) is 0.272. The lowest BCUT2D eigenvalue weighted by atomic mass is 10.2. The van der Waals surface area contributed by atoms with E-state index in [0.29, 0.717) is 13.2 Å². The Labute approximate surface area is 197 Å². The minimum Gasteiger partial charge on any atom is -0.492 e. The highest BCUT2D eigenvalue weighted by atomic mass is 127. The average Bonchev–Trinajstić information content (AvgIpc) is 2.72. The van der Waals surface area contributed by atoms with Gasteiger partial charge in [0.05, 0.1) is 19.8 Å². The Balaban J connectivity index is 0.00000420. The molecule has 1 aliphatic rings. The zero-order valence-corrected chi connectivity index (χ0v) is 21.3. The largest absolute Gasteiger partial charge is 0.492 e. The standard InChI is InChI=1S/C21H36N4O2S.HI/c1-5-22-20(24-17-21(2,3)28-4)23-16-18-8-6-7-9-19(18)27-15-12-25-10-13-26-14-11-25;/h6-9H,5,10-17H2,1-4H3,(H2,22,23,24);1H. The van der Waals surface area contributed by atoms with Gasteiger partial charge >= 0.3 is 0 Å². The topological polar surface area (TPSA) is 58.1 Å². The molecule has 6 nitrogen and oxygen atoms in total. The van der Waals surface area contributed by atoms with Crippen molar-refractivity contribution in [3.8, 4) is 5.75 Å². The Morgan fingerprint density at radius 3 is 2.66 bits per heavy atom. The van der Waals surface area contributed by atoms with Gasteiger partial charge in [0.15, 0.2) is 5.96 Å². The Kier molecular flexibility index (Phi) is 13.0. The number of hydrogen-bond donors (Lipinski definition) is 2. The maximum absolute atomic E-state index is 6.07. The Morgan fingerprint density at radius 2 is 1.97 bits per heavy atom. The first-order valence-corrected chi connectivity index (χ1v) is 11.3. The summed E-state index contributed by atoms with van der Waals surface area (Å²) in [7, 11) is 0. The molecule has 2 rings (SSSR count). The summed E-state index contributed by atoms with van der Waals surface area (Å²) in [5.41, 5.74) is 1.10. The number of rotatable bonds is 10. The van der Waals surface area contributed by atoms with E-state index in [1.54, 1.807) is 0 Å². The van der Waals surface area contributed by atoms with Crippen molar-refractivity contribution >= 4 is 41.7 Å². The number of nitrogens with one attached hydrogen (secondary N) is 2. The SMILES string of the molecule is CCNC(=NCc1ccccc1OCCN1CCOCC1)NCC(C)(C)SC.I. The van der Waals surface area contributed by atoms with Crippen molar-refractivity contribution in [2.24, 2.45) is 4.99 Å². The number of nitrogens with zero attached hydrogens (tertiary/aromatic N) is 2. The highest BCUT2D eigenvalue weighted by Gasteiger charge is 2.16. The van der Waals surface area contributed by atoms with Gasteiger partial charge < -0.3 is 20.1 Å². The Bertz CT molecular complexity index is 610. The summed E-state index contributed by atoms with van der Waals surface area (Å²) < 4.78 is 11.6. The van der Waals surface area contributed by atoms with Crippen LogP contribution < -0.4 is 15.4 Å². The first kappa shape index (κ1) is 26.3. The van der Waals surface area contributed by atoms with Crippen LogP contribution >= 0.6 is 35.7 Å². The Hall–Kier alpha value is -0.710. The van der Waals surface area contributed by atoms with E-state index in [-0.39, 0.29) is 28.7 Å². The predicted octanol–water partition coefficient (Wildman–Crippen LogP) is 3.21. The van der Waals surface area contributed by atoms with Crippen LogP contribution in [0.4, 0.5) is 0 Å². The molecule has 1 aromatic rings. The number of hydrogen-bond acceptors (Lipinski definition) is 5. The summed E-state index contributed by atoms with van der Waals surface area (Å²) in [5, 5.41) is 6.77. The van der Waals surface area contributed by atoms with Gasteiger partial charge in [-0.3, -0.25) is 4.90 Å². The molecule has 0 unspecified atom stereocenters. The molecular weight excluding hydrogens is 499 g/mol. The van der Waals surface area contributed by atoms with Gasteiger partial charge in [0.25, 0.3) is 0 Å². The van der Waals surface area contributed by atoms with E-state index in [4.69, 9.17) is 14.5 Å². The average molecular weight is 537 g/mol. The fourth-order valence-electron chi connectivity index (χ4n) is 2.76. The molecule has 0 atom stereocenters. The second kappa shape index (κ2) is 14.3. The maximum atomic E-state index is 6.07. The summed E-state index contributed by atoms with van der Waals surface area (Å²) in [4.78, 5) is 7.14. The van der Waals surface area contributed by atoms with Crippen molar-refractivity contribution in [2.75, 3.05) is 58.8 Å². The van der Waals surface area contributed by atoms with Crippen LogP contribution in [0.5, 0.6) is 5.75 Å². The number of para-hydroxylation sites is 1. The fourth-order valence-corrected chi connectivity index (χ4v) is 2.98. The molecular formula is C21H37IN4O2S. The van der Waals surface area contributed by atoms with E-state index < -0.39 is 0 Å². The summed E-state index contributed by atoms with van der Waals surface area (Å²) in [5.74, 6) is 1.76. The van der Waals surface area contributed by atoms with Gasteiger partial charge in [-0.2, -0.15) is 11.8 Å². The van der Waals surface area contributed by atoms with E-state index in [9.17, 15) is 0 Å². The summed E-state index contributed by atoms with van der Waals surface area (Å²) in [6.07, 6.45) is 2.14. The van der Waals surface area contributed by atoms with Gasteiger partial charge in [0.2, 0.25) is 0 Å². The lowest BCUT2D eigenvalue weighted by molar-refractivity contribution is 0.0322. The van der Waals surface area contributed by atoms with Crippen LogP contribution in [0.1, 0.15) is 26.3 Å². The summed E-state index contributed by atoms with van der Waals surface area (Å²) in [6, 6.07) is 8.17. The molecule has 0 radical (unpaired) electrons. The van der Waals surface area contributed by atoms with Gasteiger partial charge in [0, 0.05) is 43.0 Å². The van der Waals surface area contributed by atoms with Crippen LogP contribution in [-0.2, 0) is 11.3 Å². The molecule has 1 aliphatic heterocycles. The molecule has 1 heterocycles. The van der Waals surface area contributed by atoms with Crippen molar-refractivity contribution < 1.29 is 9.47 Å². The predicted molar refractivity (Wildman–Crippen MR) is 135 cm³/mol. The van der Waals surface area contributed by atoms with Gasteiger partial charge in [-0.1, -0.05) is 18.2 Å². The molecule has 166 valence electrons. The lowest BCUT2D eigenvalue weighted by Gasteiger charge is -2.26. The molecule has 1 saturated heterocycles. The van der Waals surface area contributed by atoms with Crippen molar-refractivity contribution in [3.63, 3.8) is 0 Å². The minimum absolute atomic E-state index is 0. The van der Waals surface area contributed by atoms with Gasteiger partial charge in [-0.15, -0.1) is 24.0 Å². The van der Waals surface area contributed by atoms with E-state index in [1.165, 1.54) is 0 Å². The zero-order chi connectivity index (χ0) is 20.2. The molecule has 8 heteroatoms. The molecule has 29 heavy (non-hydrogen) atoms. The monoisotopic (exact) mass is 536 g/mol. The van der Waals surface area contributed by atoms with E-state index in [2.05, 4.69) is 48.6 Å². The molecule has 2 N–H and O–H groups in total. The van der Waals surface area contributed by atoms with Gasteiger partial charge in [-0.05, 0) is 33.1 Å². The number of thioether (sulfide) groups is 1. The number of ether oxygens (including phenoxy) is 2. The van der Waals surface area contributed by atoms with Crippen molar-refractivity contribution in [2.45, 2.75) is 32.1 Å². The van der Waals surface area contributed by atoms with E-state index >= 15 is 0 Å². The van der Waals surface area contributed by atoms with Crippen LogP contribution in [0.2, 0.25) is 0 Å². The number of morpholine rings is 1. The minimum atomic E-state index is 0. The van der Waals surface area contributed by atoms with Crippen molar-refractivity contribution in [3.05, 3.63) is 29.8 Å². The van der Waals surface area contributed by atoms with E-state index in [0.717, 1.165) is 63.2 Å². The smallest absolute Gasteiger partial charge is 0.191 e.